The van der Waals surface area contributed by atoms with Gasteiger partial charge in [-0.2, -0.15) is 0 Å². The van der Waals surface area contributed by atoms with Crippen molar-refractivity contribution in [3.8, 4) is 0 Å². The number of nitrogens with zero attached hydrogens (tertiary/aromatic N) is 2. The Hall–Kier alpha value is -3.41. The molecule has 1 aromatic heterocycles. The van der Waals surface area contributed by atoms with E-state index in [-0.39, 0.29) is 11.8 Å². The minimum absolute atomic E-state index is 0.130. The number of carbonyl (C=O) groups is 2. The van der Waals surface area contributed by atoms with Gasteiger partial charge < -0.3 is 10.6 Å². The summed E-state index contributed by atoms with van der Waals surface area (Å²) in [5.41, 5.74) is 3.30. The lowest BCUT2D eigenvalue weighted by molar-refractivity contribution is -0.680. The van der Waals surface area contributed by atoms with Gasteiger partial charge in [0.25, 0.3) is 5.91 Å². The van der Waals surface area contributed by atoms with Gasteiger partial charge in [-0.25, -0.2) is 9.13 Å². The lowest BCUT2D eigenvalue weighted by Gasteiger charge is -2.11. The molecule has 0 bridgehead atoms. The normalized spacial score (nSPS) is 11.8. The molecule has 0 spiro atoms. The number of amides is 2. The standard InChI is InChI=1S/C20H20N4O2/c1-4-23-13-24(19-8-6-5-7-18(19)23)14(2)20(26)22-17-11-9-16(10-12-17)21-15(3)25/h4-14H,1H2,2-3H3,(H-,21,22,25,26)/p+1/t14-/m1/s1. The largest absolute Gasteiger partial charge is 0.326 e. The lowest BCUT2D eigenvalue weighted by atomic mass is 10.2. The predicted molar refractivity (Wildman–Crippen MR) is 103 cm³/mol. The Morgan fingerprint density at radius 3 is 2.31 bits per heavy atom. The van der Waals surface area contributed by atoms with Gasteiger partial charge in [0.1, 0.15) is 0 Å². The van der Waals surface area contributed by atoms with Gasteiger partial charge in [-0.15, -0.1) is 0 Å². The Morgan fingerprint density at radius 1 is 1.08 bits per heavy atom. The third-order valence-corrected chi connectivity index (χ3v) is 4.15. The van der Waals surface area contributed by atoms with E-state index >= 15 is 0 Å². The average Bonchev–Trinajstić information content (AvgIpc) is 3.01. The van der Waals surface area contributed by atoms with E-state index in [2.05, 4.69) is 17.2 Å². The third-order valence-electron chi connectivity index (χ3n) is 4.15. The molecule has 0 radical (unpaired) electrons. The van der Waals surface area contributed by atoms with E-state index in [1.54, 1.807) is 30.5 Å². The van der Waals surface area contributed by atoms with E-state index in [9.17, 15) is 9.59 Å². The summed E-state index contributed by atoms with van der Waals surface area (Å²) in [7, 11) is 0. The van der Waals surface area contributed by atoms with Crippen LogP contribution in [0.5, 0.6) is 0 Å². The third kappa shape index (κ3) is 3.49. The monoisotopic (exact) mass is 349 g/mol. The summed E-state index contributed by atoms with van der Waals surface area (Å²) in [6, 6.07) is 14.5. The first kappa shape index (κ1) is 17.4. The van der Waals surface area contributed by atoms with Crippen molar-refractivity contribution in [1.29, 1.82) is 0 Å². The smallest absolute Gasteiger partial charge is 0.269 e. The molecular formula is C20H21N4O2+. The van der Waals surface area contributed by atoms with Gasteiger partial charge in [0.2, 0.25) is 12.2 Å². The average molecular weight is 349 g/mol. The molecular weight excluding hydrogens is 328 g/mol. The molecule has 0 fully saturated rings. The van der Waals surface area contributed by atoms with Crippen molar-refractivity contribution >= 4 is 40.4 Å². The van der Waals surface area contributed by atoms with Crippen LogP contribution in [0.1, 0.15) is 19.9 Å². The van der Waals surface area contributed by atoms with E-state index in [0.29, 0.717) is 11.4 Å². The van der Waals surface area contributed by atoms with Gasteiger partial charge in [0, 0.05) is 18.3 Å². The number of para-hydroxylation sites is 2. The second-order valence-corrected chi connectivity index (χ2v) is 6.03. The highest BCUT2D eigenvalue weighted by Gasteiger charge is 2.24. The molecule has 6 heteroatoms. The van der Waals surface area contributed by atoms with Crippen LogP contribution >= 0.6 is 0 Å². The summed E-state index contributed by atoms with van der Waals surface area (Å²) >= 11 is 0. The number of nitrogens with one attached hydrogen (secondary N) is 2. The lowest BCUT2D eigenvalue weighted by Crippen LogP contribution is -2.43. The molecule has 6 nitrogen and oxygen atoms in total. The second-order valence-electron chi connectivity index (χ2n) is 6.03. The fourth-order valence-electron chi connectivity index (χ4n) is 2.83. The Bertz CT molecular complexity index is 973. The maximum Gasteiger partial charge on any atom is 0.269 e. The van der Waals surface area contributed by atoms with Gasteiger partial charge in [-0.1, -0.05) is 18.7 Å². The van der Waals surface area contributed by atoms with Crippen LogP contribution in [-0.4, -0.2) is 16.4 Å². The molecule has 26 heavy (non-hydrogen) atoms. The fourth-order valence-corrected chi connectivity index (χ4v) is 2.83. The molecule has 132 valence electrons. The summed E-state index contributed by atoms with van der Waals surface area (Å²) in [6.45, 7) is 7.11. The number of benzene rings is 2. The fraction of sp³-hybridized carbons (Fsp3) is 0.150. The first-order chi connectivity index (χ1) is 12.5. The molecule has 3 rings (SSSR count). The zero-order chi connectivity index (χ0) is 18.7. The van der Waals surface area contributed by atoms with Crippen LogP contribution in [-0.2, 0) is 9.59 Å². The van der Waals surface area contributed by atoms with Crippen LogP contribution in [0.15, 0.2) is 61.4 Å². The first-order valence-corrected chi connectivity index (χ1v) is 8.31. The number of hydrogen-bond donors (Lipinski definition) is 2. The van der Waals surface area contributed by atoms with Crippen LogP contribution in [0.2, 0.25) is 0 Å². The molecule has 1 atom stereocenters. The predicted octanol–water partition coefficient (Wildman–Crippen LogP) is 3.19. The topological polar surface area (TPSA) is 67.0 Å². The van der Waals surface area contributed by atoms with Crippen LogP contribution < -0.4 is 15.2 Å². The second kappa shape index (κ2) is 7.23. The van der Waals surface area contributed by atoms with Crippen molar-refractivity contribution in [3.05, 3.63) is 61.4 Å². The molecule has 0 saturated heterocycles. The van der Waals surface area contributed by atoms with E-state index in [4.69, 9.17) is 0 Å². The van der Waals surface area contributed by atoms with E-state index in [1.165, 1.54) is 6.92 Å². The van der Waals surface area contributed by atoms with Crippen LogP contribution in [0.3, 0.4) is 0 Å². The van der Waals surface area contributed by atoms with E-state index < -0.39 is 6.04 Å². The van der Waals surface area contributed by atoms with Crippen molar-refractivity contribution in [3.63, 3.8) is 0 Å². The van der Waals surface area contributed by atoms with Crippen LogP contribution in [0.4, 0.5) is 11.4 Å². The SMILES string of the molecule is C=Cn1c[n+]([C@H](C)C(=O)Nc2ccc(NC(C)=O)cc2)c2ccccc21. The van der Waals surface area contributed by atoms with Crippen molar-refractivity contribution in [2.75, 3.05) is 10.6 Å². The maximum atomic E-state index is 12.7. The summed E-state index contributed by atoms with van der Waals surface area (Å²) in [4.78, 5) is 23.7. The molecule has 0 aliphatic rings. The Morgan fingerprint density at radius 2 is 1.69 bits per heavy atom. The van der Waals surface area contributed by atoms with Crippen molar-refractivity contribution in [2.24, 2.45) is 0 Å². The zero-order valence-electron chi connectivity index (χ0n) is 14.8. The van der Waals surface area contributed by atoms with Gasteiger partial charge in [0.15, 0.2) is 17.1 Å². The zero-order valence-corrected chi connectivity index (χ0v) is 14.8. The first-order valence-electron chi connectivity index (χ1n) is 8.31. The molecule has 0 unspecified atom stereocenters. The summed E-state index contributed by atoms with van der Waals surface area (Å²) in [6.07, 6.45) is 3.58. The molecule has 2 amide bonds. The maximum absolute atomic E-state index is 12.7. The highest BCUT2D eigenvalue weighted by molar-refractivity contribution is 5.93. The van der Waals surface area contributed by atoms with Crippen LogP contribution in [0, 0.1) is 0 Å². The number of rotatable bonds is 5. The number of imidazole rings is 1. The van der Waals surface area contributed by atoms with Crippen molar-refractivity contribution in [1.82, 2.24) is 4.57 Å². The molecule has 0 saturated carbocycles. The Balaban J connectivity index is 1.80. The summed E-state index contributed by atoms with van der Waals surface area (Å²) in [5.74, 6) is -0.264. The van der Waals surface area contributed by atoms with Crippen LogP contribution in [0.25, 0.3) is 17.2 Å². The van der Waals surface area contributed by atoms with Gasteiger partial charge in [-0.05, 0) is 43.3 Å². The van der Waals surface area contributed by atoms with E-state index in [1.807, 2.05) is 46.7 Å². The Labute approximate surface area is 151 Å². The number of anilines is 2. The number of fused-ring (bicyclic) bond motifs is 1. The van der Waals surface area contributed by atoms with Crippen molar-refractivity contribution < 1.29 is 14.2 Å². The molecule has 1 heterocycles. The Kier molecular flexibility index (Phi) is 4.84. The summed E-state index contributed by atoms with van der Waals surface area (Å²) < 4.78 is 3.80. The highest BCUT2D eigenvalue weighted by atomic mass is 16.2. The quantitative estimate of drug-likeness (QED) is 0.695. The number of hydrogen-bond acceptors (Lipinski definition) is 2. The highest BCUT2D eigenvalue weighted by Crippen LogP contribution is 2.16. The molecule has 0 aliphatic carbocycles. The summed E-state index contributed by atoms with van der Waals surface area (Å²) in [5, 5.41) is 5.60. The number of carbonyl (C=O) groups excluding carboxylic acids is 2. The van der Waals surface area contributed by atoms with Gasteiger partial charge in [-0.3, -0.25) is 9.59 Å². The minimum Gasteiger partial charge on any atom is -0.326 e. The number of aromatic nitrogens is 2. The molecule has 2 N–H and O–H groups in total. The molecule has 2 aromatic carbocycles. The molecule has 3 aromatic rings. The minimum atomic E-state index is -0.406. The van der Waals surface area contributed by atoms with Gasteiger partial charge in [0.05, 0.1) is 6.20 Å². The van der Waals surface area contributed by atoms with Gasteiger partial charge >= 0.3 is 0 Å². The molecule has 0 aliphatic heterocycles. The van der Waals surface area contributed by atoms with E-state index in [0.717, 1.165) is 11.0 Å². The van der Waals surface area contributed by atoms with Crippen molar-refractivity contribution in [2.45, 2.75) is 19.9 Å².